The number of phenolic OH excluding ortho intramolecular Hbond substituents is 1. The van der Waals surface area contributed by atoms with Crippen molar-refractivity contribution in [2.75, 3.05) is 0 Å². The highest BCUT2D eigenvalue weighted by molar-refractivity contribution is 5.98. The molecular weight excluding hydrogens is 272 g/mol. The molecule has 114 valence electrons. The Hall–Kier alpha value is -2.11. The number of nitrogens with one attached hydrogen (secondary N) is 1. The number of carbonyl (C=O) groups is 1. The van der Waals surface area contributed by atoms with Gasteiger partial charge in [0, 0.05) is 12.1 Å². The van der Waals surface area contributed by atoms with E-state index in [0.29, 0.717) is 0 Å². The maximum absolute atomic E-state index is 12.2. The SMILES string of the molecule is CCC1CCC(NC(=O)c2cccc([N+](=O)[O-])c2O)CC1. The van der Waals surface area contributed by atoms with Crippen LogP contribution in [0.5, 0.6) is 5.75 Å². The minimum Gasteiger partial charge on any atom is -0.502 e. The average Bonchev–Trinajstić information content (AvgIpc) is 2.47. The molecule has 1 fully saturated rings. The first-order chi connectivity index (χ1) is 10.0. The van der Waals surface area contributed by atoms with Gasteiger partial charge in [-0.25, -0.2) is 0 Å². The van der Waals surface area contributed by atoms with Gasteiger partial charge in [0.05, 0.1) is 10.5 Å². The molecule has 21 heavy (non-hydrogen) atoms. The van der Waals surface area contributed by atoms with Crippen molar-refractivity contribution in [1.29, 1.82) is 0 Å². The molecule has 2 N–H and O–H groups in total. The van der Waals surface area contributed by atoms with Crippen LogP contribution in [0.2, 0.25) is 0 Å². The standard InChI is InChI=1S/C15H20N2O4/c1-2-10-6-8-11(9-7-10)16-15(19)12-4-3-5-13(14(12)18)17(20)21/h3-5,10-11,18H,2,6-9H2,1H3,(H,16,19). The third-order valence-corrected chi connectivity index (χ3v) is 4.22. The van der Waals surface area contributed by atoms with E-state index in [4.69, 9.17) is 0 Å². The van der Waals surface area contributed by atoms with Crippen molar-refractivity contribution >= 4 is 11.6 Å². The first-order valence-electron chi connectivity index (χ1n) is 7.30. The van der Waals surface area contributed by atoms with Crippen LogP contribution in [0, 0.1) is 16.0 Å². The number of aromatic hydroxyl groups is 1. The molecule has 6 heteroatoms. The molecule has 6 nitrogen and oxygen atoms in total. The van der Waals surface area contributed by atoms with E-state index < -0.39 is 22.3 Å². The summed E-state index contributed by atoms with van der Waals surface area (Å²) in [6.07, 6.45) is 5.16. The van der Waals surface area contributed by atoms with Gasteiger partial charge in [-0.05, 0) is 37.7 Å². The molecule has 1 aliphatic rings. The van der Waals surface area contributed by atoms with E-state index in [1.807, 2.05) is 0 Å². The second-order valence-electron chi connectivity index (χ2n) is 5.53. The van der Waals surface area contributed by atoms with Crippen LogP contribution in [-0.4, -0.2) is 22.0 Å². The topological polar surface area (TPSA) is 92.5 Å². The van der Waals surface area contributed by atoms with E-state index in [0.717, 1.165) is 38.0 Å². The molecule has 0 heterocycles. The third-order valence-electron chi connectivity index (χ3n) is 4.22. The van der Waals surface area contributed by atoms with Crippen molar-refractivity contribution < 1.29 is 14.8 Å². The molecule has 0 spiro atoms. The Balaban J connectivity index is 2.04. The minimum atomic E-state index is -0.696. The maximum Gasteiger partial charge on any atom is 0.311 e. The van der Waals surface area contributed by atoms with Gasteiger partial charge in [0.2, 0.25) is 5.75 Å². The molecule has 0 aromatic heterocycles. The summed E-state index contributed by atoms with van der Waals surface area (Å²) >= 11 is 0. The van der Waals surface area contributed by atoms with E-state index in [1.54, 1.807) is 0 Å². The van der Waals surface area contributed by atoms with Gasteiger partial charge in [-0.15, -0.1) is 0 Å². The summed E-state index contributed by atoms with van der Waals surface area (Å²) in [5.74, 6) is -0.289. The maximum atomic E-state index is 12.2. The summed E-state index contributed by atoms with van der Waals surface area (Å²) in [4.78, 5) is 22.2. The van der Waals surface area contributed by atoms with Gasteiger partial charge in [0.15, 0.2) is 0 Å². The smallest absolute Gasteiger partial charge is 0.311 e. The molecule has 1 saturated carbocycles. The number of para-hydroxylation sites is 1. The number of nitro groups is 1. The molecular formula is C15H20N2O4. The Kier molecular flexibility index (Phi) is 4.77. The van der Waals surface area contributed by atoms with Crippen molar-refractivity contribution in [3.05, 3.63) is 33.9 Å². The summed E-state index contributed by atoms with van der Waals surface area (Å²) in [6.45, 7) is 2.17. The van der Waals surface area contributed by atoms with Gasteiger partial charge in [-0.1, -0.05) is 19.4 Å². The molecule has 1 aromatic carbocycles. The van der Waals surface area contributed by atoms with Gasteiger partial charge in [0.25, 0.3) is 5.91 Å². The number of nitrogens with zero attached hydrogens (tertiary/aromatic N) is 1. The number of carbonyl (C=O) groups excluding carboxylic acids is 1. The van der Waals surface area contributed by atoms with E-state index >= 15 is 0 Å². The van der Waals surface area contributed by atoms with Gasteiger partial charge in [-0.3, -0.25) is 14.9 Å². The highest BCUT2D eigenvalue weighted by Gasteiger charge is 2.25. The summed E-state index contributed by atoms with van der Waals surface area (Å²) in [6, 6.07) is 4.06. The van der Waals surface area contributed by atoms with Crippen LogP contribution in [0.15, 0.2) is 18.2 Å². The lowest BCUT2D eigenvalue weighted by atomic mass is 9.84. The Morgan fingerprint density at radius 3 is 2.62 bits per heavy atom. The second-order valence-corrected chi connectivity index (χ2v) is 5.53. The van der Waals surface area contributed by atoms with E-state index in [1.165, 1.54) is 18.2 Å². The monoisotopic (exact) mass is 292 g/mol. The van der Waals surface area contributed by atoms with E-state index in [-0.39, 0.29) is 11.6 Å². The van der Waals surface area contributed by atoms with Crippen molar-refractivity contribution in [1.82, 2.24) is 5.32 Å². The zero-order valence-corrected chi connectivity index (χ0v) is 12.0. The normalized spacial score (nSPS) is 21.8. The minimum absolute atomic E-state index is 0.0400. The fraction of sp³-hybridized carbons (Fsp3) is 0.533. The fourth-order valence-electron chi connectivity index (χ4n) is 2.84. The summed E-state index contributed by atoms with van der Waals surface area (Å²) in [7, 11) is 0. The predicted molar refractivity (Wildman–Crippen MR) is 78.3 cm³/mol. The Bertz CT molecular complexity index is 536. The number of rotatable bonds is 4. The molecule has 2 rings (SSSR count). The van der Waals surface area contributed by atoms with Gasteiger partial charge >= 0.3 is 5.69 Å². The van der Waals surface area contributed by atoms with E-state index in [2.05, 4.69) is 12.2 Å². The lowest BCUT2D eigenvalue weighted by Gasteiger charge is -2.28. The second kappa shape index (κ2) is 6.56. The largest absolute Gasteiger partial charge is 0.502 e. The summed E-state index contributed by atoms with van der Waals surface area (Å²) in [5, 5.41) is 23.5. The third kappa shape index (κ3) is 3.51. The Morgan fingerprint density at radius 1 is 1.38 bits per heavy atom. The van der Waals surface area contributed by atoms with Crippen LogP contribution in [0.1, 0.15) is 49.4 Å². The van der Waals surface area contributed by atoms with Gasteiger partial charge < -0.3 is 10.4 Å². The first kappa shape index (κ1) is 15.3. The molecule has 0 bridgehead atoms. The molecule has 1 aliphatic carbocycles. The number of benzene rings is 1. The van der Waals surface area contributed by atoms with Gasteiger partial charge in [0.1, 0.15) is 0 Å². The number of hydrogen-bond donors (Lipinski definition) is 2. The van der Waals surface area contributed by atoms with Crippen molar-refractivity contribution in [2.24, 2.45) is 5.92 Å². The van der Waals surface area contributed by atoms with Crippen LogP contribution in [0.3, 0.4) is 0 Å². The predicted octanol–water partition coefficient (Wildman–Crippen LogP) is 3.00. The molecule has 1 amide bonds. The molecule has 0 saturated heterocycles. The zero-order chi connectivity index (χ0) is 15.4. The molecule has 0 radical (unpaired) electrons. The number of hydrogen-bond acceptors (Lipinski definition) is 4. The zero-order valence-electron chi connectivity index (χ0n) is 12.0. The van der Waals surface area contributed by atoms with Crippen LogP contribution < -0.4 is 5.32 Å². The molecule has 0 aliphatic heterocycles. The van der Waals surface area contributed by atoms with Crippen LogP contribution >= 0.6 is 0 Å². The first-order valence-corrected chi connectivity index (χ1v) is 7.30. The van der Waals surface area contributed by atoms with Gasteiger partial charge in [-0.2, -0.15) is 0 Å². The quantitative estimate of drug-likeness (QED) is 0.659. The summed E-state index contributed by atoms with van der Waals surface area (Å²) < 4.78 is 0. The highest BCUT2D eigenvalue weighted by atomic mass is 16.6. The Labute approximate surface area is 123 Å². The van der Waals surface area contributed by atoms with Crippen molar-refractivity contribution in [3.8, 4) is 5.75 Å². The number of phenols is 1. The summed E-state index contributed by atoms with van der Waals surface area (Å²) in [5.41, 5.74) is -0.487. The number of nitro benzene ring substituents is 1. The van der Waals surface area contributed by atoms with Crippen LogP contribution in [0.25, 0.3) is 0 Å². The molecule has 0 unspecified atom stereocenters. The number of amides is 1. The molecule has 1 aromatic rings. The highest BCUT2D eigenvalue weighted by Crippen LogP contribution is 2.30. The molecule has 0 atom stereocenters. The van der Waals surface area contributed by atoms with Crippen molar-refractivity contribution in [3.63, 3.8) is 0 Å². The van der Waals surface area contributed by atoms with E-state index in [9.17, 15) is 20.0 Å². The van der Waals surface area contributed by atoms with Crippen molar-refractivity contribution in [2.45, 2.75) is 45.1 Å². The van der Waals surface area contributed by atoms with Crippen LogP contribution in [0.4, 0.5) is 5.69 Å². The lowest BCUT2D eigenvalue weighted by Crippen LogP contribution is -2.37. The Morgan fingerprint density at radius 2 is 2.05 bits per heavy atom. The average molecular weight is 292 g/mol. The fourth-order valence-corrected chi connectivity index (χ4v) is 2.84. The lowest BCUT2D eigenvalue weighted by molar-refractivity contribution is -0.385. The van der Waals surface area contributed by atoms with Crippen LogP contribution in [-0.2, 0) is 0 Å².